The van der Waals surface area contributed by atoms with E-state index in [4.69, 9.17) is 24.1 Å². The minimum Gasteiger partial charge on any atom is -0.480 e. The van der Waals surface area contributed by atoms with E-state index in [0.29, 0.717) is 61.6 Å². The molecule has 8 N–H and O–H groups in total. The van der Waals surface area contributed by atoms with E-state index in [1.54, 1.807) is 38.1 Å². The molecule has 6 heterocycles. The molecular weight excluding hydrogens is 1510 g/mol. The van der Waals surface area contributed by atoms with Gasteiger partial charge in [0, 0.05) is 55.4 Å². The topological polar surface area (TPSA) is 390 Å². The predicted molar refractivity (Wildman–Crippen MR) is 407 cm³/mol. The Morgan fingerprint density at radius 3 is 1.45 bits per heavy atom. The molecule has 29 nitrogen and oxygen atoms in total. The molecule has 2 aromatic rings. The maximum absolute atomic E-state index is 14.5. The maximum atomic E-state index is 14.5. The summed E-state index contributed by atoms with van der Waals surface area (Å²) in [6, 6.07) is 5.42. The molecule has 6 saturated carbocycles. The second-order valence-corrected chi connectivity index (χ2v) is 37.5. The second-order valence-electron chi connectivity index (χ2n) is 33.4. The minimum absolute atomic E-state index is 0.000694. The highest BCUT2D eigenvalue weighted by Gasteiger charge is 2.65. The SMILES string of the molecule is CC(C)[C@H](NC(=O)OC1CCCC1)C(=O)N1C[C@H](OC(=O)N2Cc3cccc(F)c3C2)C[C@H]1C(=O)N[C@]12C[C@H]1/C=C/CCCCCCCC1(CC1)S(=O)(=O)NC2=O.C[C@H](NC(=O)OC1CCCC1)C(=O)O.O=C(N[C@]12C[C@H]1/C=C/CCCCCCCC1(CC1)S(=O)(=O)NC2=O)[C@@H]1C[C@@H](OC(=O)N2Cc3cccc(F)c3C2)CN1. The van der Waals surface area contributed by atoms with Crippen LogP contribution < -0.4 is 36.0 Å². The quantitative estimate of drug-likeness (QED) is 0.0683. The number of ether oxygens (including phenoxy) is 4. The van der Waals surface area contributed by atoms with Crippen LogP contribution in [0.4, 0.5) is 28.0 Å². The molecule has 10 atom stereocenters. The highest BCUT2D eigenvalue weighted by Crippen LogP contribution is 2.52. The molecule has 9 amide bonds. The van der Waals surface area contributed by atoms with E-state index >= 15 is 0 Å². The molecule has 0 bridgehead atoms. The third-order valence-electron chi connectivity index (χ3n) is 24.7. The summed E-state index contributed by atoms with van der Waals surface area (Å²) in [5.74, 6) is -6.31. The molecule has 6 aliphatic carbocycles. The summed E-state index contributed by atoms with van der Waals surface area (Å²) in [5, 5.41) is 22.3. The first-order valence-electron chi connectivity index (χ1n) is 40.7. The fourth-order valence-electron chi connectivity index (χ4n) is 17.1. The molecule has 6 aliphatic heterocycles. The molecular formula is C80H110F2N10O19S2. The number of aliphatic carboxylic acids is 1. The third kappa shape index (κ3) is 20.1. The molecule has 14 rings (SSSR count). The Morgan fingerprint density at radius 1 is 0.540 bits per heavy atom. The molecule has 620 valence electrons. The number of likely N-dealkylation sites (tertiary alicyclic amines) is 1. The van der Waals surface area contributed by atoms with Crippen LogP contribution in [-0.4, -0.2) is 179 Å². The van der Waals surface area contributed by atoms with Crippen molar-refractivity contribution in [3.05, 3.63) is 94.6 Å². The fourth-order valence-corrected chi connectivity index (χ4v) is 20.5. The lowest BCUT2D eigenvalue weighted by Gasteiger charge is -2.31. The van der Waals surface area contributed by atoms with Gasteiger partial charge in [0.25, 0.3) is 11.8 Å². The van der Waals surface area contributed by atoms with Crippen molar-refractivity contribution in [2.75, 3.05) is 13.1 Å². The van der Waals surface area contributed by atoms with Gasteiger partial charge in [-0.05, 0) is 165 Å². The Kier molecular flexibility index (Phi) is 26.5. The number of carbonyl (C=O) groups excluding carboxylic acids is 9. The Morgan fingerprint density at radius 2 is 0.991 bits per heavy atom. The summed E-state index contributed by atoms with van der Waals surface area (Å²) < 4.78 is 107. The smallest absolute Gasteiger partial charge is 0.410 e. The number of allylic oxidation sites excluding steroid dienone is 2. The molecule has 2 saturated heterocycles. The Hall–Kier alpha value is -8.46. The normalized spacial score (nSPS) is 29.2. The number of carbonyl (C=O) groups is 10. The van der Waals surface area contributed by atoms with Gasteiger partial charge in [0.05, 0.1) is 35.2 Å². The lowest BCUT2D eigenvalue weighted by Crippen LogP contribution is -2.59. The summed E-state index contributed by atoms with van der Waals surface area (Å²) in [6.07, 6.45) is 25.4. The zero-order chi connectivity index (χ0) is 80.6. The van der Waals surface area contributed by atoms with Gasteiger partial charge in [-0.1, -0.05) is 114 Å². The number of carboxylic acid groups (broad SMARTS) is 1. The van der Waals surface area contributed by atoms with E-state index < -0.39 is 155 Å². The first-order valence-corrected chi connectivity index (χ1v) is 43.7. The maximum Gasteiger partial charge on any atom is 0.410 e. The van der Waals surface area contributed by atoms with Crippen LogP contribution in [0.2, 0.25) is 0 Å². The van der Waals surface area contributed by atoms with E-state index in [-0.39, 0.29) is 82.5 Å². The number of hydrogen-bond donors (Lipinski definition) is 8. The van der Waals surface area contributed by atoms with Gasteiger partial charge in [-0.2, -0.15) is 0 Å². The van der Waals surface area contributed by atoms with Crippen molar-refractivity contribution >= 4 is 79.9 Å². The zero-order valence-corrected chi connectivity index (χ0v) is 66.4. The van der Waals surface area contributed by atoms with Gasteiger partial charge < -0.3 is 55.5 Å². The van der Waals surface area contributed by atoms with E-state index in [9.17, 15) is 73.6 Å². The number of nitrogens with one attached hydrogen (secondary N) is 7. The third-order valence-corrected chi connectivity index (χ3v) is 29.1. The lowest BCUT2D eigenvalue weighted by molar-refractivity contribution is -0.141. The van der Waals surface area contributed by atoms with Crippen LogP contribution in [0.3, 0.4) is 0 Å². The van der Waals surface area contributed by atoms with Crippen molar-refractivity contribution in [2.45, 2.75) is 309 Å². The van der Waals surface area contributed by atoms with Gasteiger partial charge in [0.2, 0.25) is 37.8 Å². The number of fused-ring (bicyclic) bond motifs is 4. The monoisotopic (exact) mass is 1620 g/mol. The second kappa shape index (κ2) is 35.7. The molecule has 2 spiro atoms. The number of sulfonamides is 2. The molecule has 33 heteroatoms. The van der Waals surface area contributed by atoms with Crippen molar-refractivity contribution < 1.29 is 97.6 Å². The van der Waals surface area contributed by atoms with Crippen LogP contribution in [0.15, 0.2) is 60.7 Å². The molecule has 0 aromatic heterocycles. The lowest BCUT2D eigenvalue weighted by atomic mass is 10.0. The Bertz CT molecular complexity index is 4200. The molecule has 12 aliphatic rings. The highest BCUT2D eigenvalue weighted by molar-refractivity contribution is 7.92. The number of hydrogen-bond acceptors (Lipinski definition) is 19. The number of halogens is 2. The number of nitrogens with zero attached hydrogens (tertiary/aromatic N) is 3. The van der Waals surface area contributed by atoms with Gasteiger partial charge in [-0.15, -0.1) is 0 Å². The number of benzene rings is 2. The molecule has 2 aromatic carbocycles. The summed E-state index contributed by atoms with van der Waals surface area (Å²) >= 11 is 0. The van der Waals surface area contributed by atoms with Crippen LogP contribution in [0.25, 0.3) is 0 Å². The van der Waals surface area contributed by atoms with Crippen molar-refractivity contribution in [1.82, 2.24) is 50.7 Å². The van der Waals surface area contributed by atoms with E-state index in [1.165, 1.54) is 33.8 Å². The zero-order valence-electron chi connectivity index (χ0n) is 64.8. The molecule has 0 radical (unpaired) electrons. The van der Waals surface area contributed by atoms with Crippen LogP contribution in [0.1, 0.15) is 236 Å². The fraction of sp³-hybridized carbons (Fsp3) is 0.675. The summed E-state index contributed by atoms with van der Waals surface area (Å²) in [6.45, 7) is 5.47. The van der Waals surface area contributed by atoms with Crippen LogP contribution >= 0.6 is 0 Å². The highest BCUT2D eigenvalue weighted by atomic mass is 32.2. The molecule has 8 fully saturated rings. The van der Waals surface area contributed by atoms with E-state index in [1.807, 2.05) is 24.3 Å². The number of amides is 9. The summed E-state index contributed by atoms with van der Waals surface area (Å²) in [5.41, 5.74) is -0.639. The predicted octanol–water partition coefficient (Wildman–Crippen LogP) is 9.39. The van der Waals surface area contributed by atoms with Crippen LogP contribution in [0.5, 0.6) is 0 Å². The standard InChI is InChI=1S/C41H56FN5O9S.C30H39FN4O6S.C9H15NO4/c1-26(2)34(43-38(51)55-29-15-9-10-16-29)36(49)47-24-30(56-39(52)46-23-27-13-12-17-32(42)31(27)25-46)21-33(47)35(48)44-41-22-28(41)14-8-6-4-3-5-7-11-18-40(19-20-40)57(53,54)45-37(41)50;31-24-11-8-9-20-18-35(19-23(20)24)28(38)41-22-15-25(32-17-22)26(36)33-30-16-21(30)10-6-4-2-1-3-5-7-12-29(13-14-29)42(39,40)34-27(30)37;1-6(8(11)12)10-9(13)14-7-4-2-3-5-7/h8,12-14,17,26,28-30,33-34H,3-7,9-11,15-16,18-25H2,1-2H3,(H,43,51)(H,44,48)(H,45,50);6,8-11,21-22,25,32H,1-5,7,12-19H2,(H,33,36)(H,34,37);6-7H,2-5H2,1H3,(H,10,13)(H,11,12)/b14-8+;10-6+;/t28-,30-,33+,34+,41-;21-,22-,25+,30-;6-/m110/s1. The largest absolute Gasteiger partial charge is 0.480 e. The van der Waals surface area contributed by atoms with Gasteiger partial charge in [-0.3, -0.25) is 48.0 Å². The van der Waals surface area contributed by atoms with Crippen molar-refractivity contribution in [3.8, 4) is 0 Å². The number of rotatable bonds is 13. The first kappa shape index (κ1) is 84.0. The molecule has 0 unspecified atom stereocenters. The van der Waals surface area contributed by atoms with Crippen molar-refractivity contribution in [3.63, 3.8) is 0 Å². The van der Waals surface area contributed by atoms with E-state index in [0.717, 1.165) is 134 Å². The van der Waals surface area contributed by atoms with Crippen molar-refractivity contribution in [1.29, 1.82) is 0 Å². The number of alkyl carbamates (subject to hydrolysis) is 2. The van der Waals surface area contributed by atoms with Gasteiger partial charge in [0.1, 0.15) is 65.3 Å². The van der Waals surface area contributed by atoms with Crippen LogP contribution in [-0.2, 0) is 93.9 Å². The summed E-state index contributed by atoms with van der Waals surface area (Å²) in [7, 11) is -7.94. The van der Waals surface area contributed by atoms with Gasteiger partial charge >= 0.3 is 30.3 Å². The Labute approximate surface area is 659 Å². The van der Waals surface area contributed by atoms with Crippen molar-refractivity contribution in [2.24, 2.45) is 17.8 Å². The van der Waals surface area contributed by atoms with Gasteiger partial charge in [-0.25, -0.2) is 44.8 Å². The average Bonchev–Trinajstić information content (AvgIpc) is 1.57. The van der Waals surface area contributed by atoms with E-state index in [2.05, 4.69) is 36.0 Å². The molecule has 113 heavy (non-hydrogen) atoms. The van der Waals surface area contributed by atoms with Gasteiger partial charge in [0.15, 0.2) is 0 Å². The Balaban J connectivity index is 0.000000184. The van der Waals surface area contributed by atoms with Crippen LogP contribution in [0, 0.1) is 29.4 Å². The number of carboxylic acids is 1. The first-order chi connectivity index (χ1) is 53.9. The minimum atomic E-state index is -4.05. The summed E-state index contributed by atoms with van der Waals surface area (Å²) in [4.78, 5) is 135. The average molecular weight is 1620 g/mol.